The first-order valence-corrected chi connectivity index (χ1v) is 6.06. The van der Waals surface area contributed by atoms with Gasteiger partial charge in [-0.3, -0.25) is 5.41 Å². The van der Waals surface area contributed by atoms with E-state index >= 15 is 0 Å². The first-order chi connectivity index (χ1) is 8.24. The quantitative estimate of drug-likeness (QED) is 0.637. The summed E-state index contributed by atoms with van der Waals surface area (Å²) in [5, 5.41) is 8.06. The normalized spacial score (nSPS) is 11.7. The SMILES string of the molecule is CN(C)C(C)(C)COc1ccc(Cl)cc1C(=N)N. The molecule has 0 aliphatic heterocycles. The lowest BCUT2D eigenvalue weighted by Crippen LogP contribution is -2.43. The number of likely N-dealkylation sites (N-methyl/N-ethyl adjacent to an activating group) is 1. The number of nitrogens with two attached hydrogens (primary N) is 1. The second-order valence-electron chi connectivity index (χ2n) is 5.05. The van der Waals surface area contributed by atoms with E-state index in [0.717, 1.165) is 0 Å². The lowest BCUT2D eigenvalue weighted by atomic mass is 10.1. The van der Waals surface area contributed by atoms with Crippen molar-refractivity contribution in [1.82, 2.24) is 4.90 Å². The van der Waals surface area contributed by atoms with Crippen LogP contribution in [-0.4, -0.2) is 37.0 Å². The summed E-state index contributed by atoms with van der Waals surface area (Å²) in [7, 11) is 3.99. The lowest BCUT2D eigenvalue weighted by molar-refractivity contribution is 0.114. The van der Waals surface area contributed by atoms with E-state index in [-0.39, 0.29) is 11.4 Å². The summed E-state index contributed by atoms with van der Waals surface area (Å²) in [5.41, 5.74) is 5.94. The summed E-state index contributed by atoms with van der Waals surface area (Å²) in [4.78, 5) is 2.08. The van der Waals surface area contributed by atoms with Crippen LogP contribution in [0.4, 0.5) is 0 Å². The average Bonchev–Trinajstić information content (AvgIpc) is 2.27. The standard InChI is InChI=1S/C13H20ClN3O/c1-13(2,17(3)4)8-18-11-6-5-9(14)7-10(11)12(15)16/h5-7H,8H2,1-4H3,(H3,15,16). The first-order valence-electron chi connectivity index (χ1n) is 5.68. The smallest absolute Gasteiger partial charge is 0.130 e. The van der Waals surface area contributed by atoms with Crippen molar-refractivity contribution in [3.05, 3.63) is 28.8 Å². The fraction of sp³-hybridized carbons (Fsp3) is 0.462. The van der Waals surface area contributed by atoms with Crippen LogP contribution in [0, 0.1) is 5.41 Å². The van der Waals surface area contributed by atoms with E-state index < -0.39 is 0 Å². The van der Waals surface area contributed by atoms with Crippen molar-refractivity contribution in [3.8, 4) is 5.75 Å². The molecule has 0 bridgehead atoms. The molecule has 0 saturated carbocycles. The number of halogens is 1. The van der Waals surface area contributed by atoms with Gasteiger partial charge in [0.25, 0.3) is 0 Å². The van der Waals surface area contributed by atoms with Gasteiger partial charge in [0.05, 0.1) is 5.56 Å². The minimum absolute atomic E-state index is 0.0461. The molecule has 0 aliphatic rings. The Kier molecular flexibility index (Phi) is 4.59. The summed E-state index contributed by atoms with van der Waals surface area (Å²) < 4.78 is 5.76. The molecule has 0 fully saturated rings. The van der Waals surface area contributed by atoms with Crippen LogP contribution in [0.25, 0.3) is 0 Å². The van der Waals surface area contributed by atoms with Crippen molar-refractivity contribution >= 4 is 17.4 Å². The average molecular weight is 270 g/mol. The van der Waals surface area contributed by atoms with Gasteiger partial charge in [0.2, 0.25) is 0 Å². The Morgan fingerprint density at radius 3 is 2.56 bits per heavy atom. The molecule has 18 heavy (non-hydrogen) atoms. The number of hydrogen-bond acceptors (Lipinski definition) is 3. The molecule has 0 saturated heterocycles. The van der Waals surface area contributed by atoms with Crippen molar-refractivity contribution in [2.75, 3.05) is 20.7 Å². The fourth-order valence-corrected chi connectivity index (χ4v) is 1.39. The molecule has 5 heteroatoms. The molecule has 1 rings (SSSR count). The van der Waals surface area contributed by atoms with Crippen LogP contribution >= 0.6 is 11.6 Å². The Bertz CT molecular complexity index is 444. The summed E-state index contributed by atoms with van der Waals surface area (Å²) in [5.74, 6) is 0.539. The molecule has 0 unspecified atom stereocenters. The second kappa shape index (κ2) is 5.59. The number of ether oxygens (including phenoxy) is 1. The van der Waals surface area contributed by atoms with Crippen molar-refractivity contribution in [3.63, 3.8) is 0 Å². The van der Waals surface area contributed by atoms with Gasteiger partial charge in [0.1, 0.15) is 18.2 Å². The molecule has 100 valence electrons. The number of hydrogen-bond donors (Lipinski definition) is 2. The highest BCUT2D eigenvalue weighted by Crippen LogP contribution is 2.24. The number of nitrogen functional groups attached to an aromatic ring is 1. The summed E-state index contributed by atoms with van der Waals surface area (Å²) in [6, 6.07) is 5.11. The van der Waals surface area contributed by atoms with Gasteiger partial charge in [0, 0.05) is 10.6 Å². The Hall–Kier alpha value is -1.26. The number of amidine groups is 1. The van der Waals surface area contributed by atoms with E-state index in [1.807, 2.05) is 14.1 Å². The Labute approximate surface area is 113 Å². The Morgan fingerprint density at radius 1 is 1.44 bits per heavy atom. The van der Waals surface area contributed by atoms with E-state index in [4.69, 9.17) is 27.5 Å². The van der Waals surface area contributed by atoms with Gasteiger partial charge in [-0.05, 0) is 46.1 Å². The van der Waals surface area contributed by atoms with Gasteiger partial charge in [-0.15, -0.1) is 0 Å². The second-order valence-corrected chi connectivity index (χ2v) is 5.49. The van der Waals surface area contributed by atoms with Crippen LogP contribution in [0.3, 0.4) is 0 Å². The van der Waals surface area contributed by atoms with Gasteiger partial charge in [-0.2, -0.15) is 0 Å². The molecular weight excluding hydrogens is 250 g/mol. The van der Waals surface area contributed by atoms with E-state index in [0.29, 0.717) is 22.9 Å². The summed E-state index contributed by atoms with van der Waals surface area (Å²) in [6.45, 7) is 4.66. The van der Waals surface area contributed by atoms with E-state index in [2.05, 4.69) is 18.7 Å². The minimum atomic E-state index is -0.103. The van der Waals surface area contributed by atoms with Crippen molar-refractivity contribution in [2.24, 2.45) is 5.73 Å². The first kappa shape index (κ1) is 14.8. The fourth-order valence-electron chi connectivity index (χ4n) is 1.22. The van der Waals surface area contributed by atoms with Gasteiger partial charge in [-0.25, -0.2) is 0 Å². The van der Waals surface area contributed by atoms with Gasteiger partial charge in [0.15, 0.2) is 0 Å². The number of nitrogens with one attached hydrogen (secondary N) is 1. The molecule has 3 N–H and O–H groups in total. The summed E-state index contributed by atoms with van der Waals surface area (Å²) >= 11 is 5.89. The third-order valence-electron chi connectivity index (χ3n) is 3.02. The molecule has 1 aromatic carbocycles. The topological polar surface area (TPSA) is 62.3 Å². The predicted molar refractivity (Wildman–Crippen MR) is 75.7 cm³/mol. The largest absolute Gasteiger partial charge is 0.491 e. The molecule has 0 aliphatic carbocycles. The Morgan fingerprint density at radius 2 is 2.06 bits per heavy atom. The van der Waals surface area contributed by atoms with Gasteiger partial charge < -0.3 is 15.4 Å². The van der Waals surface area contributed by atoms with Crippen molar-refractivity contribution < 1.29 is 4.74 Å². The van der Waals surface area contributed by atoms with E-state index in [9.17, 15) is 0 Å². The van der Waals surface area contributed by atoms with Gasteiger partial charge >= 0.3 is 0 Å². The highest BCUT2D eigenvalue weighted by molar-refractivity contribution is 6.31. The van der Waals surface area contributed by atoms with Crippen LogP contribution in [-0.2, 0) is 0 Å². The van der Waals surface area contributed by atoms with Crippen molar-refractivity contribution in [1.29, 1.82) is 5.41 Å². The maximum absolute atomic E-state index is 7.52. The molecule has 1 aromatic rings. The molecule has 0 heterocycles. The van der Waals surface area contributed by atoms with Gasteiger partial charge in [-0.1, -0.05) is 11.6 Å². The zero-order valence-electron chi connectivity index (χ0n) is 11.2. The number of rotatable bonds is 5. The predicted octanol–water partition coefficient (Wildman–Crippen LogP) is 2.34. The monoisotopic (exact) mass is 269 g/mol. The van der Waals surface area contributed by atoms with Crippen LogP contribution in [0.1, 0.15) is 19.4 Å². The molecule has 4 nitrogen and oxygen atoms in total. The zero-order chi connectivity index (χ0) is 13.9. The van der Waals surface area contributed by atoms with Crippen LogP contribution < -0.4 is 10.5 Å². The highest BCUT2D eigenvalue weighted by Gasteiger charge is 2.22. The molecule has 0 radical (unpaired) electrons. The maximum Gasteiger partial charge on any atom is 0.130 e. The molecule has 0 atom stereocenters. The molecule has 0 amide bonds. The van der Waals surface area contributed by atoms with Crippen LogP contribution in [0.15, 0.2) is 18.2 Å². The zero-order valence-corrected chi connectivity index (χ0v) is 12.0. The lowest BCUT2D eigenvalue weighted by Gasteiger charge is -2.32. The van der Waals surface area contributed by atoms with E-state index in [1.54, 1.807) is 18.2 Å². The number of nitrogens with zero attached hydrogens (tertiary/aromatic N) is 1. The molecular formula is C13H20ClN3O. The summed E-state index contributed by atoms with van der Waals surface area (Å²) in [6.07, 6.45) is 0. The van der Waals surface area contributed by atoms with Crippen molar-refractivity contribution in [2.45, 2.75) is 19.4 Å². The Balaban J connectivity index is 2.89. The van der Waals surface area contributed by atoms with Crippen LogP contribution in [0.2, 0.25) is 5.02 Å². The third kappa shape index (κ3) is 3.62. The molecule has 0 aromatic heterocycles. The van der Waals surface area contributed by atoms with E-state index in [1.165, 1.54) is 0 Å². The molecule has 0 spiro atoms. The highest BCUT2D eigenvalue weighted by atomic mass is 35.5. The number of benzene rings is 1. The maximum atomic E-state index is 7.52. The third-order valence-corrected chi connectivity index (χ3v) is 3.26. The van der Waals surface area contributed by atoms with Crippen LogP contribution in [0.5, 0.6) is 5.75 Å². The minimum Gasteiger partial charge on any atom is -0.491 e.